The molecule has 1 aromatic heterocycles. The molecule has 1 aromatic rings. The third kappa shape index (κ3) is 2.16. The molecule has 0 fully saturated rings. The van der Waals surface area contributed by atoms with Gasteiger partial charge < -0.3 is 15.2 Å². The van der Waals surface area contributed by atoms with Gasteiger partial charge in [0.1, 0.15) is 5.56 Å². The molecule has 0 spiro atoms. The van der Waals surface area contributed by atoms with Crippen molar-refractivity contribution in [1.29, 1.82) is 0 Å². The Morgan fingerprint density at radius 3 is 2.85 bits per heavy atom. The van der Waals surface area contributed by atoms with Crippen LogP contribution in [0.3, 0.4) is 0 Å². The van der Waals surface area contributed by atoms with Crippen molar-refractivity contribution in [3.05, 3.63) is 28.3 Å². The number of H-pyrrole nitrogens is 1. The smallest absolute Gasteiger partial charge is 0.328 e. The van der Waals surface area contributed by atoms with Gasteiger partial charge in [-0.3, -0.25) is 4.79 Å². The number of aliphatic carboxylic acids is 1. The number of carbonyl (C=O) groups is 1. The Bertz CT molecular complexity index is 407. The molecule has 6 heteroatoms. The molecule has 0 aromatic carbocycles. The monoisotopic (exact) mass is 182 g/mol. The van der Waals surface area contributed by atoms with Gasteiger partial charge in [0.2, 0.25) is 5.88 Å². The molecule has 0 unspecified atom stereocenters. The van der Waals surface area contributed by atoms with Crippen LogP contribution in [0.4, 0.5) is 0 Å². The number of rotatable bonds is 2. The Morgan fingerprint density at radius 2 is 2.31 bits per heavy atom. The van der Waals surface area contributed by atoms with Gasteiger partial charge in [-0.1, -0.05) is 0 Å². The van der Waals surface area contributed by atoms with Crippen LogP contribution in [0.25, 0.3) is 6.08 Å². The van der Waals surface area contributed by atoms with Gasteiger partial charge in [0.15, 0.2) is 0 Å². The lowest BCUT2D eigenvalue weighted by atomic mass is 10.3. The summed E-state index contributed by atoms with van der Waals surface area (Å²) in [4.78, 5) is 26.6. The van der Waals surface area contributed by atoms with E-state index >= 15 is 0 Å². The summed E-state index contributed by atoms with van der Waals surface area (Å²) in [6.45, 7) is 0. The van der Waals surface area contributed by atoms with E-state index in [1.165, 1.54) is 0 Å². The maximum atomic E-state index is 11.0. The summed E-state index contributed by atoms with van der Waals surface area (Å²) in [7, 11) is 0. The first kappa shape index (κ1) is 8.98. The maximum absolute atomic E-state index is 11.0. The van der Waals surface area contributed by atoms with Crippen LogP contribution in [-0.2, 0) is 4.79 Å². The number of carboxylic acids is 1. The molecule has 0 radical (unpaired) electrons. The van der Waals surface area contributed by atoms with Gasteiger partial charge in [0.25, 0.3) is 5.56 Å². The summed E-state index contributed by atoms with van der Waals surface area (Å²) in [5, 5.41) is 17.3. The zero-order chi connectivity index (χ0) is 9.84. The van der Waals surface area contributed by atoms with E-state index in [1.807, 2.05) is 0 Å². The highest BCUT2D eigenvalue weighted by Crippen LogP contribution is 2.07. The molecule has 0 saturated heterocycles. The third-order valence-corrected chi connectivity index (χ3v) is 1.26. The second-order valence-corrected chi connectivity index (χ2v) is 2.14. The fourth-order valence-electron chi connectivity index (χ4n) is 0.706. The lowest BCUT2D eigenvalue weighted by Crippen LogP contribution is -2.09. The molecule has 68 valence electrons. The van der Waals surface area contributed by atoms with Crippen LogP contribution in [0.5, 0.6) is 5.88 Å². The van der Waals surface area contributed by atoms with Crippen LogP contribution in [0.15, 0.2) is 17.2 Å². The van der Waals surface area contributed by atoms with Crippen molar-refractivity contribution in [3.8, 4) is 5.88 Å². The fraction of sp³-hybridized carbons (Fsp3) is 0. The fourth-order valence-corrected chi connectivity index (χ4v) is 0.706. The van der Waals surface area contributed by atoms with Crippen LogP contribution < -0.4 is 5.56 Å². The highest BCUT2D eigenvalue weighted by Gasteiger charge is 2.02. The van der Waals surface area contributed by atoms with Gasteiger partial charge in [0.05, 0.1) is 6.33 Å². The van der Waals surface area contributed by atoms with Gasteiger partial charge in [0, 0.05) is 6.08 Å². The largest absolute Gasteiger partial charge is 0.493 e. The minimum Gasteiger partial charge on any atom is -0.493 e. The van der Waals surface area contributed by atoms with Gasteiger partial charge in [-0.15, -0.1) is 0 Å². The van der Waals surface area contributed by atoms with Crippen molar-refractivity contribution in [2.75, 3.05) is 0 Å². The molecule has 1 rings (SSSR count). The van der Waals surface area contributed by atoms with Crippen LogP contribution in [-0.4, -0.2) is 26.2 Å². The SMILES string of the molecule is O=C(O)C=Cc1c(O)nc[nH]c1=O. The molecular weight excluding hydrogens is 176 g/mol. The highest BCUT2D eigenvalue weighted by atomic mass is 16.4. The molecule has 0 aliphatic heterocycles. The quantitative estimate of drug-likeness (QED) is 0.538. The zero-order valence-electron chi connectivity index (χ0n) is 6.39. The standard InChI is InChI=1S/C7H6N2O4/c10-5(11)2-1-4-6(12)8-3-9-7(4)13/h1-3H,(H,10,11)(H2,8,9,12,13). The van der Waals surface area contributed by atoms with E-state index in [2.05, 4.69) is 9.97 Å². The molecule has 13 heavy (non-hydrogen) atoms. The molecule has 0 bridgehead atoms. The summed E-state index contributed by atoms with van der Waals surface area (Å²) in [6.07, 6.45) is 2.74. The molecule has 0 saturated carbocycles. The maximum Gasteiger partial charge on any atom is 0.328 e. The molecule has 0 aliphatic rings. The molecule has 3 N–H and O–H groups in total. The predicted molar refractivity (Wildman–Crippen MR) is 43.2 cm³/mol. The minimum absolute atomic E-state index is 0.176. The van der Waals surface area contributed by atoms with Gasteiger partial charge >= 0.3 is 5.97 Å². The highest BCUT2D eigenvalue weighted by molar-refractivity contribution is 5.85. The number of hydrogen-bond donors (Lipinski definition) is 3. The van der Waals surface area contributed by atoms with Crippen LogP contribution >= 0.6 is 0 Å². The van der Waals surface area contributed by atoms with Crippen molar-refractivity contribution in [1.82, 2.24) is 9.97 Å². The Hall–Kier alpha value is -2.11. The Balaban J connectivity index is 3.14. The summed E-state index contributed by atoms with van der Waals surface area (Å²) in [5.74, 6) is -1.70. The second kappa shape index (κ2) is 3.53. The summed E-state index contributed by atoms with van der Waals surface area (Å²) in [6, 6.07) is 0. The van der Waals surface area contributed by atoms with Crippen molar-refractivity contribution in [3.63, 3.8) is 0 Å². The van der Waals surface area contributed by atoms with Crippen molar-refractivity contribution in [2.24, 2.45) is 0 Å². The predicted octanol–water partition coefficient (Wildman–Crippen LogP) is -0.427. The van der Waals surface area contributed by atoms with E-state index in [-0.39, 0.29) is 5.56 Å². The summed E-state index contributed by atoms with van der Waals surface area (Å²) >= 11 is 0. The Labute approximate surface area is 72.2 Å². The van der Waals surface area contributed by atoms with E-state index in [1.54, 1.807) is 0 Å². The normalized spacial score (nSPS) is 10.5. The van der Waals surface area contributed by atoms with Crippen LogP contribution in [0, 0.1) is 0 Å². The average Bonchev–Trinajstić information content (AvgIpc) is 2.03. The second-order valence-electron chi connectivity index (χ2n) is 2.14. The molecule has 6 nitrogen and oxygen atoms in total. The van der Waals surface area contributed by atoms with E-state index in [0.29, 0.717) is 0 Å². The first-order valence-corrected chi connectivity index (χ1v) is 3.29. The van der Waals surface area contributed by atoms with Crippen molar-refractivity contribution < 1.29 is 15.0 Å². The number of nitrogens with zero attached hydrogens (tertiary/aromatic N) is 1. The number of aromatic hydroxyl groups is 1. The van der Waals surface area contributed by atoms with E-state index in [0.717, 1.165) is 18.5 Å². The topological polar surface area (TPSA) is 103 Å². The Morgan fingerprint density at radius 1 is 1.62 bits per heavy atom. The van der Waals surface area contributed by atoms with Crippen molar-refractivity contribution >= 4 is 12.0 Å². The molecule has 1 heterocycles. The summed E-state index contributed by atoms with van der Waals surface area (Å²) < 4.78 is 0. The first-order chi connectivity index (χ1) is 6.11. The van der Waals surface area contributed by atoms with Crippen LogP contribution in [0.1, 0.15) is 5.56 Å². The van der Waals surface area contributed by atoms with Gasteiger partial charge in [-0.05, 0) is 6.08 Å². The number of aromatic nitrogens is 2. The Kier molecular flexibility index (Phi) is 2.44. The van der Waals surface area contributed by atoms with E-state index in [9.17, 15) is 9.59 Å². The van der Waals surface area contributed by atoms with Crippen molar-refractivity contribution in [2.45, 2.75) is 0 Å². The molecule has 0 amide bonds. The minimum atomic E-state index is -1.21. The zero-order valence-corrected chi connectivity index (χ0v) is 6.39. The third-order valence-electron chi connectivity index (χ3n) is 1.26. The molecular formula is C7H6N2O4. The van der Waals surface area contributed by atoms with Gasteiger partial charge in [-0.25, -0.2) is 9.78 Å². The lowest BCUT2D eigenvalue weighted by molar-refractivity contribution is -0.131. The van der Waals surface area contributed by atoms with E-state index < -0.39 is 17.4 Å². The summed E-state index contributed by atoms with van der Waals surface area (Å²) in [5.41, 5.74) is -0.769. The first-order valence-electron chi connectivity index (χ1n) is 3.29. The van der Waals surface area contributed by atoms with Crippen LogP contribution in [0.2, 0.25) is 0 Å². The average molecular weight is 182 g/mol. The molecule has 0 aliphatic carbocycles. The van der Waals surface area contributed by atoms with Gasteiger partial charge in [-0.2, -0.15) is 0 Å². The van der Waals surface area contributed by atoms with E-state index in [4.69, 9.17) is 10.2 Å². The number of aromatic amines is 1. The molecule has 0 atom stereocenters. The number of nitrogens with one attached hydrogen (secondary N) is 1. The lowest BCUT2D eigenvalue weighted by Gasteiger charge is -1.93. The number of hydrogen-bond acceptors (Lipinski definition) is 4. The number of carboxylic acid groups (broad SMARTS) is 1.